The second-order valence-corrected chi connectivity index (χ2v) is 5.83. The first-order valence-corrected chi connectivity index (χ1v) is 7.76. The Balaban J connectivity index is 1.67. The molecule has 3 amide bonds. The zero-order valence-corrected chi connectivity index (χ0v) is 13.4. The second-order valence-electron chi connectivity index (χ2n) is 5.83. The number of benzene rings is 2. The summed E-state index contributed by atoms with van der Waals surface area (Å²) >= 11 is 0. The van der Waals surface area contributed by atoms with Gasteiger partial charge in [0.25, 0.3) is 0 Å². The standard InChI is InChI=1S/C18H19N3O3/c1-12-4-2-3-5-16(12)20-17(22)19-15-7-6-14-11-21(18(23)24)9-8-13(14)10-15/h2-7,10H,8-9,11H2,1H3,(H,23,24)(H2,19,20,22). The van der Waals surface area contributed by atoms with E-state index in [9.17, 15) is 9.59 Å². The van der Waals surface area contributed by atoms with Crippen molar-refractivity contribution in [1.82, 2.24) is 4.90 Å². The van der Waals surface area contributed by atoms with Crippen molar-refractivity contribution >= 4 is 23.5 Å². The van der Waals surface area contributed by atoms with Crippen molar-refractivity contribution < 1.29 is 14.7 Å². The maximum Gasteiger partial charge on any atom is 0.407 e. The maximum atomic E-state index is 12.1. The number of nitrogens with zero attached hydrogens (tertiary/aromatic N) is 1. The molecule has 0 saturated heterocycles. The normalized spacial score (nSPS) is 13.1. The van der Waals surface area contributed by atoms with E-state index >= 15 is 0 Å². The molecule has 24 heavy (non-hydrogen) atoms. The molecular weight excluding hydrogens is 306 g/mol. The molecular formula is C18H19N3O3. The number of carbonyl (C=O) groups excluding carboxylic acids is 1. The highest BCUT2D eigenvalue weighted by molar-refractivity contribution is 6.00. The van der Waals surface area contributed by atoms with Gasteiger partial charge in [0.05, 0.1) is 0 Å². The Morgan fingerprint density at radius 3 is 2.62 bits per heavy atom. The molecule has 2 aromatic carbocycles. The van der Waals surface area contributed by atoms with E-state index in [1.807, 2.05) is 43.3 Å². The van der Waals surface area contributed by atoms with Gasteiger partial charge in [0.2, 0.25) is 0 Å². The minimum absolute atomic E-state index is 0.299. The van der Waals surface area contributed by atoms with Crippen LogP contribution in [0, 0.1) is 6.92 Å². The van der Waals surface area contributed by atoms with Crippen LogP contribution in [0.15, 0.2) is 42.5 Å². The quantitative estimate of drug-likeness (QED) is 0.788. The Kier molecular flexibility index (Phi) is 4.37. The fourth-order valence-corrected chi connectivity index (χ4v) is 2.79. The lowest BCUT2D eigenvalue weighted by molar-refractivity contribution is 0.140. The van der Waals surface area contributed by atoms with Gasteiger partial charge >= 0.3 is 12.1 Å². The first-order chi connectivity index (χ1) is 11.5. The number of urea groups is 1. The Hall–Kier alpha value is -3.02. The van der Waals surface area contributed by atoms with E-state index in [1.165, 1.54) is 4.90 Å². The molecule has 0 saturated carbocycles. The van der Waals surface area contributed by atoms with Crippen LogP contribution in [0.25, 0.3) is 0 Å². The predicted octanol–water partition coefficient (Wildman–Crippen LogP) is 3.68. The van der Waals surface area contributed by atoms with Gasteiger partial charge in [0.15, 0.2) is 0 Å². The number of fused-ring (bicyclic) bond motifs is 1. The van der Waals surface area contributed by atoms with Gasteiger partial charge in [-0.15, -0.1) is 0 Å². The lowest BCUT2D eigenvalue weighted by Gasteiger charge is -2.26. The van der Waals surface area contributed by atoms with Crippen LogP contribution in [0.1, 0.15) is 16.7 Å². The average molecular weight is 325 g/mol. The third-order valence-electron chi connectivity index (χ3n) is 4.14. The minimum Gasteiger partial charge on any atom is -0.465 e. The van der Waals surface area contributed by atoms with E-state index in [0.29, 0.717) is 25.2 Å². The average Bonchev–Trinajstić information content (AvgIpc) is 2.56. The number of para-hydroxylation sites is 1. The molecule has 0 aromatic heterocycles. The summed E-state index contributed by atoms with van der Waals surface area (Å²) in [5.74, 6) is 0. The molecule has 6 nitrogen and oxygen atoms in total. The summed E-state index contributed by atoms with van der Waals surface area (Å²) in [5.41, 5.74) is 4.51. The highest BCUT2D eigenvalue weighted by atomic mass is 16.4. The van der Waals surface area contributed by atoms with Crippen molar-refractivity contribution in [3.63, 3.8) is 0 Å². The Morgan fingerprint density at radius 1 is 1.08 bits per heavy atom. The van der Waals surface area contributed by atoms with Crippen molar-refractivity contribution in [2.75, 3.05) is 17.2 Å². The van der Waals surface area contributed by atoms with E-state index in [1.54, 1.807) is 6.07 Å². The number of nitrogens with one attached hydrogen (secondary N) is 2. The smallest absolute Gasteiger partial charge is 0.407 e. The molecule has 0 radical (unpaired) electrons. The van der Waals surface area contributed by atoms with Crippen LogP contribution in [0.5, 0.6) is 0 Å². The third-order valence-corrected chi connectivity index (χ3v) is 4.14. The van der Waals surface area contributed by atoms with E-state index in [4.69, 9.17) is 5.11 Å². The zero-order valence-electron chi connectivity index (χ0n) is 13.4. The molecule has 0 atom stereocenters. The summed E-state index contributed by atoms with van der Waals surface area (Å²) in [6, 6.07) is 12.8. The Labute approximate surface area is 140 Å². The summed E-state index contributed by atoms with van der Waals surface area (Å²) in [7, 11) is 0. The van der Waals surface area contributed by atoms with Crippen LogP contribution in [0.2, 0.25) is 0 Å². The zero-order chi connectivity index (χ0) is 17.1. The summed E-state index contributed by atoms with van der Waals surface area (Å²) in [5, 5.41) is 14.7. The van der Waals surface area contributed by atoms with Crippen molar-refractivity contribution in [1.29, 1.82) is 0 Å². The second kappa shape index (κ2) is 6.62. The Morgan fingerprint density at radius 2 is 1.88 bits per heavy atom. The molecule has 0 bridgehead atoms. The third kappa shape index (κ3) is 3.48. The van der Waals surface area contributed by atoms with Crippen LogP contribution in [0.3, 0.4) is 0 Å². The first-order valence-electron chi connectivity index (χ1n) is 7.76. The summed E-state index contributed by atoms with van der Waals surface area (Å²) < 4.78 is 0. The largest absolute Gasteiger partial charge is 0.465 e. The van der Waals surface area contributed by atoms with E-state index < -0.39 is 6.09 Å². The van der Waals surface area contributed by atoms with Crippen LogP contribution < -0.4 is 10.6 Å². The molecule has 1 heterocycles. The van der Waals surface area contributed by atoms with Gasteiger partial charge in [-0.1, -0.05) is 24.3 Å². The van der Waals surface area contributed by atoms with Crippen molar-refractivity contribution in [2.45, 2.75) is 19.9 Å². The Bertz CT molecular complexity index is 789. The lowest BCUT2D eigenvalue weighted by atomic mass is 9.99. The maximum absolute atomic E-state index is 12.1. The molecule has 124 valence electrons. The first kappa shape index (κ1) is 15.9. The number of rotatable bonds is 2. The van der Waals surface area contributed by atoms with Crippen LogP contribution in [0.4, 0.5) is 21.0 Å². The lowest BCUT2D eigenvalue weighted by Crippen LogP contribution is -2.34. The van der Waals surface area contributed by atoms with Crippen LogP contribution in [-0.4, -0.2) is 28.7 Å². The summed E-state index contributed by atoms with van der Waals surface area (Å²) in [6.07, 6.45) is -0.253. The van der Waals surface area contributed by atoms with E-state index in [-0.39, 0.29) is 6.03 Å². The number of aryl methyl sites for hydroxylation is 1. The highest BCUT2D eigenvalue weighted by Gasteiger charge is 2.20. The van der Waals surface area contributed by atoms with Crippen LogP contribution in [-0.2, 0) is 13.0 Å². The number of amides is 3. The van der Waals surface area contributed by atoms with E-state index in [0.717, 1.165) is 22.4 Å². The molecule has 1 aliphatic heterocycles. The molecule has 0 unspecified atom stereocenters. The molecule has 0 spiro atoms. The van der Waals surface area contributed by atoms with Crippen LogP contribution >= 0.6 is 0 Å². The monoisotopic (exact) mass is 325 g/mol. The number of hydrogen-bond acceptors (Lipinski definition) is 2. The fourth-order valence-electron chi connectivity index (χ4n) is 2.79. The molecule has 3 rings (SSSR count). The van der Waals surface area contributed by atoms with Gasteiger partial charge in [-0.2, -0.15) is 0 Å². The molecule has 2 aromatic rings. The SMILES string of the molecule is Cc1ccccc1NC(=O)Nc1ccc2c(c1)CCN(C(=O)O)C2. The fraction of sp³-hybridized carbons (Fsp3) is 0.222. The van der Waals surface area contributed by atoms with Gasteiger partial charge in [0, 0.05) is 24.5 Å². The summed E-state index contributed by atoms with van der Waals surface area (Å²) in [6.45, 7) is 2.80. The van der Waals surface area contributed by atoms with Crippen molar-refractivity contribution in [3.8, 4) is 0 Å². The van der Waals surface area contributed by atoms with Gasteiger partial charge in [-0.3, -0.25) is 0 Å². The number of carbonyl (C=O) groups is 2. The van der Waals surface area contributed by atoms with Gasteiger partial charge in [-0.25, -0.2) is 9.59 Å². The topological polar surface area (TPSA) is 81.7 Å². The summed E-state index contributed by atoms with van der Waals surface area (Å²) in [4.78, 5) is 24.6. The highest BCUT2D eigenvalue weighted by Crippen LogP contribution is 2.23. The molecule has 6 heteroatoms. The van der Waals surface area contributed by atoms with Crippen molar-refractivity contribution in [3.05, 3.63) is 59.2 Å². The van der Waals surface area contributed by atoms with Gasteiger partial charge in [-0.05, 0) is 48.2 Å². The molecule has 0 fully saturated rings. The minimum atomic E-state index is -0.902. The predicted molar refractivity (Wildman–Crippen MR) is 92.4 cm³/mol. The number of anilines is 2. The number of hydrogen-bond donors (Lipinski definition) is 3. The van der Waals surface area contributed by atoms with Gasteiger partial charge < -0.3 is 20.6 Å². The van der Waals surface area contributed by atoms with Crippen molar-refractivity contribution in [2.24, 2.45) is 0 Å². The number of carboxylic acid groups (broad SMARTS) is 1. The molecule has 3 N–H and O–H groups in total. The molecule has 0 aliphatic carbocycles. The van der Waals surface area contributed by atoms with E-state index in [2.05, 4.69) is 10.6 Å². The van der Waals surface area contributed by atoms with Gasteiger partial charge in [0.1, 0.15) is 0 Å². The molecule has 1 aliphatic rings.